The summed E-state index contributed by atoms with van der Waals surface area (Å²) in [7, 11) is -3.22. The minimum atomic E-state index is -3.22. The zero-order valence-electron chi connectivity index (χ0n) is 18.2. The lowest BCUT2D eigenvalue weighted by Gasteiger charge is -2.19. The molecule has 0 aliphatic rings. The Hall–Kier alpha value is -3.77. The van der Waals surface area contributed by atoms with Crippen LogP contribution in [0.2, 0.25) is 0 Å². The van der Waals surface area contributed by atoms with Gasteiger partial charge in [0.25, 0.3) is 0 Å². The minimum Gasteiger partial charge on any atom is -0.411 e. The Bertz CT molecular complexity index is 1330. The van der Waals surface area contributed by atoms with Gasteiger partial charge in [0.1, 0.15) is 0 Å². The molecule has 6 heteroatoms. The molecule has 166 valence electrons. The highest BCUT2D eigenvalue weighted by Crippen LogP contribution is 2.31. The Balaban J connectivity index is 1.65. The molecule has 0 spiro atoms. The van der Waals surface area contributed by atoms with Crippen LogP contribution in [0.15, 0.2) is 113 Å². The van der Waals surface area contributed by atoms with Gasteiger partial charge in [0, 0.05) is 36.6 Å². The first kappa shape index (κ1) is 22.4. The first-order valence-corrected chi connectivity index (χ1v) is 12.4. The van der Waals surface area contributed by atoms with Gasteiger partial charge >= 0.3 is 0 Å². The first-order chi connectivity index (χ1) is 16.0. The summed E-state index contributed by atoms with van der Waals surface area (Å²) in [6.45, 7) is 0. The molecule has 1 atom stereocenters. The maximum atomic E-state index is 11.7. The van der Waals surface area contributed by atoms with Gasteiger partial charge in [0.05, 0.1) is 10.6 Å². The van der Waals surface area contributed by atoms with Gasteiger partial charge in [-0.15, -0.1) is 0 Å². The fourth-order valence-electron chi connectivity index (χ4n) is 3.87. The Kier molecular flexibility index (Phi) is 6.66. The highest BCUT2D eigenvalue weighted by atomic mass is 32.2. The van der Waals surface area contributed by atoms with Crippen molar-refractivity contribution >= 4 is 15.5 Å². The van der Waals surface area contributed by atoms with Crippen LogP contribution in [-0.4, -0.2) is 30.6 Å². The Morgan fingerprint density at radius 1 is 0.818 bits per heavy atom. The van der Waals surface area contributed by atoms with Gasteiger partial charge in [0.2, 0.25) is 0 Å². The molecule has 0 saturated heterocycles. The third-order valence-corrected chi connectivity index (χ3v) is 6.79. The van der Waals surface area contributed by atoms with Crippen molar-refractivity contribution in [3.05, 3.63) is 120 Å². The number of benzene rings is 3. The molecule has 0 aliphatic heterocycles. The van der Waals surface area contributed by atoms with E-state index in [0.717, 1.165) is 27.8 Å². The largest absolute Gasteiger partial charge is 0.411 e. The van der Waals surface area contributed by atoms with E-state index in [1.807, 2.05) is 54.6 Å². The molecule has 4 aromatic rings. The van der Waals surface area contributed by atoms with Crippen molar-refractivity contribution in [1.82, 2.24) is 4.98 Å². The average Bonchev–Trinajstić information content (AvgIpc) is 2.86. The molecule has 1 N–H and O–H groups in total. The second kappa shape index (κ2) is 9.79. The topological polar surface area (TPSA) is 79.6 Å². The standard InChI is InChI=1S/C27H24N2O3S/c1-33(31,32)25-13-11-21(12-14-25)20-7-9-23(10-8-20)26(22-5-3-2-4-6-22)19-27(29-30)24-15-17-28-18-16-24/h2-18,26,30H,19H2,1H3/b29-27+. The highest BCUT2D eigenvalue weighted by Gasteiger charge is 2.19. The van der Waals surface area contributed by atoms with E-state index < -0.39 is 9.84 Å². The zero-order chi connectivity index (χ0) is 23.3. The SMILES string of the molecule is CS(=O)(=O)c1ccc(-c2ccc(C(C/C(=N\O)c3ccncc3)c3ccccc3)cc2)cc1. The third kappa shape index (κ3) is 5.35. The van der Waals surface area contributed by atoms with E-state index >= 15 is 0 Å². The van der Waals surface area contributed by atoms with Crippen LogP contribution in [0.5, 0.6) is 0 Å². The van der Waals surface area contributed by atoms with E-state index in [-0.39, 0.29) is 5.92 Å². The van der Waals surface area contributed by atoms with Crippen molar-refractivity contribution in [2.45, 2.75) is 17.2 Å². The molecular formula is C27H24N2O3S. The van der Waals surface area contributed by atoms with Crippen molar-refractivity contribution in [1.29, 1.82) is 0 Å². The van der Waals surface area contributed by atoms with Gasteiger partial charge in [0.15, 0.2) is 9.84 Å². The molecular weight excluding hydrogens is 432 g/mol. The summed E-state index contributed by atoms with van der Waals surface area (Å²) >= 11 is 0. The number of pyridine rings is 1. The second-order valence-electron chi connectivity index (χ2n) is 7.87. The van der Waals surface area contributed by atoms with E-state index in [9.17, 15) is 13.6 Å². The van der Waals surface area contributed by atoms with Crippen molar-refractivity contribution in [2.75, 3.05) is 6.26 Å². The lowest BCUT2D eigenvalue weighted by Crippen LogP contribution is -2.10. The van der Waals surface area contributed by atoms with Crippen LogP contribution in [0, 0.1) is 0 Å². The maximum absolute atomic E-state index is 11.7. The molecule has 1 unspecified atom stereocenters. The van der Waals surface area contributed by atoms with Crippen LogP contribution in [0.3, 0.4) is 0 Å². The maximum Gasteiger partial charge on any atom is 0.175 e. The lowest BCUT2D eigenvalue weighted by atomic mass is 9.85. The molecule has 5 nitrogen and oxygen atoms in total. The van der Waals surface area contributed by atoms with E-state index in [0.29, 0.717) is 17.0 Å². The molecule has 0 radical (unpaired) electrons. The van der Waals surface area contributed by atoms with Gasteiger partial charge in [-0.1, -0.05) is 71.9 Å². The van der Waals surface area contributed by atoms with Crippen LogP contribution in [-0.2, 0) is 9.84 Å². The van der Waals surface area contributed by atoms with Gasteiger partial charge in [-0.05, 0) is 46.5 Å². The predicted molar refractivity (Wildman–Crippen MR) is 130 cm³/mol. The Morgan fingerprint density at radius 3 is 1.91 bits per heavy atom. The third-order valence-electron chi connectivity index (χ3n) is 5.66. The second-order valence-corrected chi connectivity index (χ2v) is 9.88. The van der Waals surface area contributed by atoms with Gasteiger partial charge in [-0.2, -0.15) is 0 Å². The molecule has 33 heavy (non-hydrogen) atoms. The summed E-state index contributed by atoms with van der Waals surface area (Å²) in [5, 5.41) is 13.3. The Morgan fingerprint density at radius 2 is 1.36 bits per heavy atom. The average molecular weight is 457 g/mol. The van der Waals surface area contributed by atoms with E-state index in [1.165, 1.54) is 6.26 Å². The summed E-state index contributed by atoms with van der Waals surface area (Å²) in [5.41, 5.74) is 5.57. The number of oxime groups is 1. The predicted octanol–water partition coefficient (Wildman–Crippen LogP) is 5.55. The van der Waals surface area contributed by atoms with Crippen molar-refractivity contribution < 1.29 is 13.6 Å². The summed E-state index contributed by atoms with van der Waals surface area (Å²) in [6, 6.07) is 28.9. The number of nitrogens with zero attached hydrogens (tertiary/aromatic N) is 2. The summed E-state index contributed by atoms with van der Waals surface area (Å²) < 4.78 is 23.4. The zero-order valence-corrected chi connectivity index (χ0v) is 19.0. The Labute approximate surface area is 194 Å². The van der Waals surface area contributed by atoms with Crippen molar-refractivity contribution in [2.24, 2.45) is 5.16 Å². The molecule has 1 heterocycles. The smallest absolute Gasteiger partial charge is 0.175 e. The molecule has 1 aromatic heterocycles. The molecule has 0 amide bonds. The quantitative estimate of drug-likeness (QED) is 0.225. The molecule has 4 rings (SSSR count). The van der Waals surface area contributed by atoms with Crippen LogP contribution < -0.4 is 0 Å². The van der Waals surface area contributed by atoms with E-state index in [2.05, 4.69) is 34.4 Å². The van der Waals surface area contributed by atoms with E-state index in [4.69, 9.17) is 0 Å². The number of hydrogen-bond acceptors (Lipinski definition) is 5. The molecule has 0 fully saturated rings. The number of hydrogen-bond donors (Lipinski definition) is 1. The van der Waals surface area contributed by atoms with Crippen LogP contribution >= 0.6 is 0 Å². The first-order valence-electron chi connectivity index (χ1n) is 10.5. The van der Waals surface area contributed by atoms with Gasteiger partial charge in [-0.3, -0.25) is 4.98 Å². The normalized spacial score (nSPS) is 12.9. The summed E-state index contributed by atoms with van der Waals surface area (Å²) in [5.74, 6) is -0.00748. The monoisotopic (exact) mass is 456 g/mol. The highest BCUT2D eigenvalue weighted by molar-refractivity contribution is 7.90. The molecule has 3 aromatic carbocycles. The van der Waals surface area contributed by atoms with Crippen LogP contribution in [0.1, 0.15) is 29.0 Å². The van der Waals surface area contributed by atoms with Gasteiger partial charge in [-0.25, -0.2) is 8.42 Å². The lowest BCUT2D eigenvalue weighted by molar-refractivity contribution is 0.317. The number of rotatable bonds is 7. The summed E-state index contributed by atoms with van der Waals surface area (Å²) in [6.07, 6.45) is 5.09. The van der Waals surface area contributed by atoms with Crippen LogP contribution in [0.4, 0.5) is 0 Å². The fraction of sp³-hybridized carbons (Fsp3) is 0.111. The molecule has 0 aliphatic carbocycles. The number of sulfone groups is 1. The molecule has 0 saturated carbocycles. The van der Waals surface area contributed by atoms with Gasteiger partial charge < -0.3 is 5.21 Å². The van der Waals surface area contributed by atoms with Crippen molar-refractivity contribution in [3.8, 4) is 11.1 Å². The van der Waals surface area contributed by atoms with E-state index in [1.54, 1.807) is 24.5 Å². The number of aromatic nitrogens is 1. The van der Waals surface area contributed by atoms with Crippen LogP contribution in [0.25, 0.3) is 11.1 Å². The fourth-order valence-corrected chi connectivity index (χ4v) is 4.50. The summed E-state index contributed by atoms with van der Waals surface area (Å²) in [4.78, 5) is 4.35. The minimum absolute atomic E-state index is 0.00748. The van der Waals surface area contributed by atoms with Crippen molar-refractivity contribution in [3.63, 3.8) is 0 Å². The molecule has 0 bridgehead atoms.